The second-order valence-corrected chi connectivity index (χ2v) is 8.06. The number of aryl methyl sites for hydroxylation is 2. The van der Waals surface area contributed by atoms with Crippen molar-refractivity contribution in [1.29, 1.82) is 0 Å². The van der Waals surface area contributed by atoms with Crippen LogP contribution in [0.5, 0.6) is 0 Å². The minimum Gasteiger partial charge on any atom is -0.268 e. The first-order chi connectivity index (χ1) is 12.6. The maximum absolute atomic E-state index is 12.9. The first-order valence-corrected chi connectivity index (χ1v) is 10.3. The van der Waals surface area contributed by atoms with Gasteiger partial charge in [-0.25, -0.2) is 0 Å². The van der Waals surface area contributed by atoms with Gasteiger partial charge in [-0.15, -0.1) is 0 Å². The summed E-state index contributed by atoms with van der Waals surface area (Å²) in [7, 11) is 0. The number of thiocarbonyl (C=S) groups is 1. The molecule has 1 amide bonds. The maximum atomic E-state index is 12.9. The van der Waals surface area contributed by atoms with E-state index < -0.39 is 0 Å². The van der Waals surface area contributed by atoms with Crippen molar-refractivity contribution in [3.63, 3.8) is 0 Å². The smallest absolute Gasteiger partial charge is 0.268 e. The predicted octanol–water partition coefficient (Wildman–Crippen LogP) is 6.00. The summed E-state index contributed by atoms with van der Waals surface area (Å²) < 4.78 is 0.590. The Kier molecular flexibility index (Phi) is 6.28. The van der Waals surface area contributed by atoms with E-state index in [4.69, 9.17) is 12.2 Å². The molecule has 1 fully saturated rings. The maximum Gasteiger partial charge on any atom is 0.270 e. The standard InChI is InChI=1S/C22H23NOS2/c1-3-5-6-17-11-13-19(14-12-17)23-21(24)20(26-22(23)25)15-18-9-7-16(4-2)8-10-18/h7-15H,3-6H2,1-2H3/b20-15-. The van der Waals surface area contributed by atoms with Gasteiger partial charge in [0.2, 0.25) is 0 Å². The van der Waals surface area contributed by atoms with Crippen LogP contribution in [0, 0.1) is 0 Å². The van der Waals surface area contributed by atoms with Gasteiger partial charge in [0.25, 0.3) is 5.91 Å². The number of hydrogen-bond acceptors (Lipinski definition) is 3. The van der Waals surface area contributed by atoms with Gasteiger partial charge in [-0.2, -0.15) is 0 Å². The molecule has 2 aromatic rings. The van der Waals surface area contributed by atoms with E-state index in [9.17, 15) is 4.79 Å². The highest BCUT2D eigenvalue weighted by atomic mass is 32.2. The second kappa shape index (κ2) is 8.65. The molecule has 1 heterocycles. The van der Waals surface area contributed by atoms with Gasteiger partial charge in [-0.3, -0.25) is 9.69 Å². The van der Waals surface area contributed by atoms with Crippen LogP contribution in [0.1, 0.15) is 43.4 Å². The van der Waals surface area contributed by atoms with Gasteiger partial charge < -0.3 is 0 Å². The highest BCUT2D eigenvalue weighted by molar-refractivity contribution is 8.27. The number of carbonyl (C=O) groups is 1. The first kappa shape index (κ1) is 18.9. The first-order valence-electron chi connectivity index (χ1n) is 9.08. The molecule has 2 nitrogen and oxygen atoms in total. The lowest BCUT2D eigenvalue weighted by Gasteiger charge is -2.15. The fourth-order valence-electron chi connectivity index (χ4n) is 2.88. The average molecular weight is 382 g/mol. The Morgan fingerprint density at radius 3 is 2.27 bits per heavy atom. The van der Waals surface area contributed by atoms with E-state index in [1.54, 1.807) is 4.90 Å². The Hall–Kier alpha value is -1.91. The minimum atomic E-state index is -0.0409. The summed E-state index contributed by atoms with van der Waals surface area (Å²) >= 11 is 6.83. The summed E-state index contributed by atoms with van der Waals surface area (Å²) in [5.41, 5.74) is 4.46. The molecule has 4 heteroatoms. The number of carbonyl (C=O) groups excluding carboxylic acids is 1. The van der Waals surface area contributed by atoms with E-state index in [1.165, 1.54) is 35.7 Å². The SMILES string of the molecule is CCCCc1ccc(N2C(=O)/C(=C/c3ccc(CC)cc3)SC2=S)cc1. The van der Waals surface area contributed by atoms with Crippen molar-refractivity contribution in [2.45, 2.75) is 39.5 Å². The molecule has 2 aromatic carbocycles. The van der Waals surface area contributed by atoms with Gasteiger partial charge in [-0.05, 0) is 54.2 Å². The summed E-state index contributed by atoms with van der Waals surface area (Å²) in [6.07, 6.45) is 6.37. The summed E-state index contributed by atoms with van der Waals surface area (Å²) in [5, 5.41) is 0. The monoisotopic (exact) mass is 381 g/mol. The normalized spacial score (nSPS) is 15.9. The van der Waals surface area contributed by atoms with E-state index in [-0.39, 0.29) is 5.91 Å². The van der Waals surface area contributed by atoms with E-state index >= 15 is 0 Å². The highest BCUT2D eigenvalue weighted by Gasteiger charge is 2.33. The minimum absolute atomic E-state index is 0.0409. The third-order valence-electron chi connectivity index (χ3n) is 4.49. The molecule has 0 aliphatic carbocycles. The molecule has 1 saturated heterocycles. The Morgan fingerprint density at radius 2 is 1.65 bits per heavy atom. The average Bonchev–Trinajstić information content (AvgIpc) is 2.94. The van der Waals surface area contributed by atoms with Crippen LogP contribution in [0.4, 0.5) is 5.69 Å². The number of hydrogen-bond donors (Lipinski definition) is 0. The number of anilines is 1. The molecule has 0 unspecified atom stereocenters. The molecule has 0 N–H and O–H groups in total. The van der Waals surface area contributed by atoms with Crippen molar-refractivity contribution >= 4 is 46.0 Å². The van der Waals surface area contributed by atoms with Crippen LogP contribution in [-0.2, 0) is 17.6 Å². The van der Waals surface area contributed by atoms with Crippen LogP contribution in [0.15, 0.2) is 53.4 Å². The zero-order valence-electron chi connectivity index (χ0n) is 15.2. The Bertz CT molecular complexity index is 822. The second-order valence-electron chi connectivity index (χ2n) is 6.38. The van der Waals surface area contributed by atoms with E-state index in [0.717, 1.165) is 24.1 Å². The summed E-state index contributed by atoms with van der Waals surface area (Å²) in [6, 6.07) is 16.5. The lowest BCUT2D eigenvalue weighted by molar-refractivity contribution is -0.113. The van der Waals surface area contributed by atoms with Gasteiger partial charge in [0.1, 0.15) is 0 Å². The fraction of sp³-hybridized carbons (Fsp3) is 0.273. The van der Waals surface area contributed by atoms with Crippen LogP contribution in [0.2, 0.25) is 0 Å². The van der Waals surface area contributed by atoms with Crippen molar-refractivity contribution < 1.29 is 4.79 Å². The molecular formula is C22H23NOS2. The number of unbranched alkanes of at least 4 members (excludes halogenated alkanes) is 1. The number of nitrogens with zero attached hydrogens (tertiary/aromatic N) is 1. The highest BCUT2D eigenvalue weighted by Crippen LogP contribution is 2.36. The predicted molar refractivity (Wildman–Crippen MR) is 117 cm³/mol. The quantitative estimate of drug-likeness (QED) is 0.452. The molecule has 0 spiro atoms. The van der Waals surface area contributed by atoms with E-state index in [0.29, 0.717) is 9.23 Å². The van der Waals surface area contributed by atoms with Crippen LogP contribution in [0.3, 0.4) is 0 Å². The topological polar surface area (TPSA) is 20.3 Å². The summed E-state index contributed by atoms with van der Waals surface area (Å²) in [5.74, 6) is -0.0409. The van der Waals surface area contributed by atoms with Gasteiger partial charge in [0.05, 0.1) is 10.6 Å². The zero-order chi connectivity index (χ0) is 18.5. The molecule has 26 heavy (non-hydrogen) atoms. The van der Waals surface area contributed by atoms with Crippen LogP contribution < -0.4 is 4.90 Å². The van der Waals surface area contributed by atoms with Crippen LogP contribution >= 0.6 is 24.0 Å². The molecule has 0 atom stereocenters. The fourth-order valence-corrected chi connectivity index (χ4v) is 4.18. The van der Waals surface area contributed by atoms with Crippen molar-refractivity contribution in [3.05, 3.63) is 70.1 Å². The number of thioether (sulfide) groups is 1. The van der Waals surface area contributed by atoms with Gasteiger partial charge >= 0.3 is 0 Å². The summed E-state index contributed by atoms with van der Waals surface area (Å²) in [4.78, 5) is 15.2. The molecule has 1 aliphatic heterocycles. The van der Waals surface area contributed by atoms with Crippen LogP contribution in [0.25, 0.3) is 6.08 Å². The molecule has 0 aromatic heterocycles. The summed E-state index contributed by atoms with van der Waals surface area (Å²) in [6.45, 7) is 4.32. The Morgan fingerprint density at radius 1 is 1.00 bits per heavy atom. The largest absolute Gasteiger partial charge is 0.270 e. The number of benzene rings is 2. The molecule has 1 aliphatic rings. The molecule has 0 radical (unpaired) electrons. The molecule has 0 saturated carbocycles. The van der Waals surface area contributed by atoms with Gasteiger partial charge in [-0.1, -0.05) is 80.6 Å². The van der Waals surface area contributed by atoms with Crippen molar-refractivity contribution in [1.82, 2.24) is 0 Å². The van der Waals surface area contributed by atoms with Gasteiger partial charge in [0, 0.05) is 0 Å². The third kappa shape index (κ3) is 4.25. The van der Waals surface area contributed by atoms with Crippen molar-refractivity contribution in [2.75, 3.05) is 4.90 Å². The molecular weight excluding hydrogens is 358 g/mol. The van der Waals surface area contributed by atoms with E-state index in [2.05, 4.69) is 38.1 Å². The number of rotatable bonds is 6. The lowest BCUT2D eigenvalue weighted by Crippen LogP contribution is -2.27. The van der Waals surface area contributed by atoms with Crippen LogP contribution in [-0.4, -0.2) is 10.2 Å². The molecule has 0 bridgehead atoms. The van der Waals surface area contributed by atoms with Crippen molar-refractivity contribution in [2.24, 2.45) is 0 Å². The van der Waals surface area contributed by atoms with E-state index in [1.807, 2.05) is 30.3 Å². The zero-order valence-corrected chi connectivity index (χ0v) is 16.8. The van der Waals surface area contributed by atoms with Gasteiger partial charge in [0.15, 0.2) is 4.32 Å². The molecule has 3 rings (SSSR count). The number of amides is 1. The Labute approximate surface area is 165 Å². The van der Waals surface area contributed by atoms with Crippen molar-refractivity contribution in [3.8, 4) is 0 Å². The Balaban J connectivity index is 1.78. The lowest BCUT2D eigenvalue weighted by atomic mass is 10.1. The third-order valence-corrected chi connectivity index (χ3v) is 5.80. The molecule has 134 valence electrons.